The summed E-state index contributed by atoms with van der Waals surface area (Å²) in [6, 6.07) is 0. The third kappa shape index (κ3) is 10.7. The standard InChI is InChI=1S/C5H5BrN2OS.C3H3BrN2S.C2H6.BrH/c1-3(9)7-4-2-10-5(6)8-4;4-3-6-2(5)1-7-3;1-2;/h2H,1H3,(H,7,9);1H,5H2;1-2H3;1H/i;;1D;. The molecule has 0 saturated carbocycles. The van der Waals surface area contributed by atoms with Crippen molar-refractivity contribution in [3.05, 3.63) is 18.6 Å². The molecule has 0 aliphatic rings. The predicted molar refractivity (Wildman–Crippen MR) is 100 cm³/mol. The fourth-order valence-electron chi connectivity index (χ4n) is 0.753. The van der Waals surface area contributed by atoms with Crippen LogP contribution in [0.4, 0.5) is 11.6 Å². The van der Waals surface area contributed by atoms with E-state index in [-0.39, 0.29) is 22.9 Å². The SMILES string of the molecule is Br.CC(=O)Nc1csc(Br)n1.Nc1csc(Br)n1.[2H]CC. The lowest BCUT2D eigenvalue weighted by Gasteiger charge is -1.91. The van der Waals surface area contributed by atoms with Crippen molar-refractivity contribution in [2.75, 3.05) is 11.1 Å². The van der Waals surface area contributed by atoms with Gasteiger partial charge < -0.3 is 11.1 Å². The molecule has 0 bridgehead atoms. The average molecular weight is 512 g/mol. The lowest BCUT2D eigenvalue weighted by atomic mass is 10.6. The number of carbonyl (C=O) groups excluding carboxylic acids is 1. The topological polar surface area (TPSA) is 80.9 Å². The Morgan fingerprint density at radius 2 is 1.85 bits per heavy atom. The number of hydrogen-bond donors (Lipinski definition) is 2. The third-order valence-corrected chi connectivity index (χ3v) is 4.02. The van der Waals surface area contributed by atoms with Crippen LogP contribution in [0.5, 0.6) is 0 Å². The number of nitrogens with two attached hydrogens (primary N) is 1. The minimum absolute atomic E-state index is 0. The normalized spacial score (nSPS) is 8.90. The highest BCUT2D eigenvalue weighted by molar-refractivity contribution is 9.11. The lowest BCUT2D eigenvalue weighted by Crippen LogP contribution is -2.05. The van der Waals surface area contributed by atoms with Crippen LogP contribution in [0.15, 0.2) is 18.6 Å². The molecule has 1 amide bonds. The van der Waals surface area contributed by atoms with E-state index in [4.69, 9.17) is 7.10 Å². The Hall–Kier alpha value is -0.0300. The highest BCUT2D eigenvalue weighted by Gasteiger charge is 1.98. The fraction of sp³-hybridized carbons (Fsp3) is 0.300. The Balaban J connectivity index is 0. The number of nitrogens with zero attached hydrogens (tertiary/aromatic N) is 2. The molecular weight excluding hydrogens is 496 g/mol. The summed E-state index contributed by atoms with van der Waals surface area (Å²) in [7, 11) is 0. The molecule has 0 saturated heterocycles. The molecule has 0 radical (unpaired) electrons. The number of halogens is 3. The first-order valence-electron chi connectivity index (χ1n) is 5.64. The van der Waals surface area contributed by atoms with Gasteiger partial charge >= 0.3 is 0 Å². The van der Waals surface area contributed by atoms with Gasteiger partial charge in [0.15, 0.2) is 7.83 Å². The van der Waals surface area contributed by atoms with Crippen molar-refractivity contribution in [2.45, 2.75) is 20.7 Å². The molecule has 114 valence electrons. The van der Waals surface area contributed by atoms with Crippen LogP contribution in [-0.4, -0.2) is 15.9 Å². The first-order valence-corrected chi connectivity index (χ1v) is 8.27. The van der Waals surface area contributed by atoms with E-state index < -0.39 is 0 Å². The molecule has 0 aromatic carbocycles. The second-order valence-electron chi connectivity index (χ2n) is 2.69. The predicted octanol–water partition coefficient (Wildman–Crippen LogP) is 4.96. The summed E-state index contributed by atoms with van der Waals surface area (Å²) in [5, 5.41) is 6.11. The zero-order valence-electron chi connectivity index (χ0n) is 11.7. The Kier molecular flexibility index (Phi) is 12.7. The Morgan fingerprint density at radius 1 is 1.35 bits per heavy atom. The lowest BCUT2D eigenvalue weighted by molar-refractivity contribution is -0.114. The van der Waals surface area contributed by atoms with E-state index in [1.807, 2.05) is 0 Å². The van der Waals surface area contributed by atoms with Crippen molar-refractivity contribution in [3.8, 4) is 0 Å². The van der Waals surface area contributed by atoms with Crippen LogP contribution in [0.25, 0.3) is 0 Å². The van der Waals surface area contributed by atoms with Gasteiger partial charge in [0, 0.05) is 19.1 Å². The maximum Gasteiger partial charge on any atom is 0.222 e. The zero-order chi connectivity index (χ0) is 15.5. The number of nitrogen functional groups attached to an aromatic ring is 1. The molecule has 0 unspecified atom stereocenters. The second kappa shape index (κ2) is 12.7. The molecule has 5 nitrogen and oxygen atoms in total. The summed E-state index contributed by atoms with van der Waals surface area (Å²) >= 11 is 9.26. The number of carbonyl (C=O) groups is 1. The molecule has 0 fully saturated rings. The number of thiazole rings is 2. The summed E-state index contributed by atoms with van der Waals surface area (Å²) in [5.74, 6) is 1.08. The molecule has 0 spiro atoms. The van der Waals surface area contributed by atoms with Gasteiger partial charge in [0.25, 0.3) is 0 Å². The highest BCUT2D eigenvalue weighted by Crippen LogP contribution is 2.19. The number of nitrogens with one attached hydrogen (secondary N) is 1. The summed E-state index contributed by atoms with van der Waals surface area (Å²) in [6.45, 7) is 3.74. The largest absolute Gasteiger partial charge is 0.383 e. The number of aromatic nitrogens is 2. The van der Waals surface area contributed by atoms with Gasteiger partial charge in [0.1, 0.15) is 11.6 Å². The average Bonchev–Trinajstić information content (AvgIpc) is 2.89. The summed E-state index contributed by atoms with van der Waals surface area (Å²) in [5.41, 5.74) is 5.25. The van der Waals surface area contributed by atoms with Gasteiger partial charge in [-0.05, 0) is 31.9 Å². The van der Waals surface area contributed by atoms with Crippen LogP contribution < -0.4 is 11.1 Å². The number of rotatable bonds is 1. The van der Waals surface area contributed by atoms with Crippen molar-refractivity contribution in [3.63, 3.8) is 0 Å². The smallest absolute Gasteiger partial charge is 0.222 e. The third-order valence-electron chi connectivity index (χ3n) is 1.27. The number of hydrogen-bond acceptors (Lipinski definition) is 6. The maximum absolute atomic E-state index is 10.5. The highest BCUT2D eigenvalue weighted by atomic mass is 79.9. The first-order chi connectivity index (χ1) is 9.38. The molecule has 3 N–H and O–H groups in total. The van der Waals surface area contributed by atoms with Crippen molar-refractivity contribution in [1.82, 2.24) is 9.97 Å². The van der Waals surface area contributed by atoms with E-state index in [0.717, 1.165) is 7.83 Å². The number of amides is 1. The Bertz CT molecular complexity index is 507. The second-order valence-corrected chi connectivity index (χ2v) is 6.96. The van der Waals surface area contributed by atoms with E-state index in [1.54, 1.807) is 17.7 Å². The minimum atomic E-state index is -0.0993. The molecule has 2 aromatic rings. The van der Waals surface area contributed by atoms with Crippen LogP contribution >= 0.6 is 71.5 Å². The molecule has 20 heavy (non-hydrogen) atoms. The quantitative estimate of drug-likeness (QED) is 0.567. The van der Waals surface area contributed by atoms with Crippen molar-refractivity contribution < 1.29 is 6.17 Å². The fourth-order valence-corrected chi connectivity index (χ4v) is 2.61. The van der Waals surface area contributed by atoms with Crippen LogP contribution in [0.3, 0.4) is 0 Å². The molecule has 10 heteroatoms. The van der Waals surface area contributed by atoms with Crippen LogP contribution in [0.1, 0.15) is 22.1 Å². The summed E-state index contributed by atoms with van der Waals surface area (Å²) < 4.78 is 7.82. The first kappa shape index (κ1) is 20.0. The van der Waals surface area contributed by atoms with E-state index in [2.05, 4.69) is 47.1 Å². The zero-order valence-corrected chi connectivity index (χ0v) is 17.2. The van der Waals surface area contributed by atoms with E-state index in [0.29, 0.717) is 18.5 Å². The number of anilines is 2. The van der Waals surface area contributed by atoms with E-state index in [9.17, 15) is 4.79 Å². The molecule has 2 rings (SSSR count). The van der Waals surface area contributed by atoms with Crippen molar-refractivity contribution in [2.24, 2.45) is 0 Å². The Morgan fingerprint density at radius 3 is 2.10 bits per heavy atom. The van der Waals surface area contributed by atoms with Crippen LogP contribution in [0.2, 0.25) is 0 Å². The molecular formula is C10H15Br3N4OS2. The molecule has 0 atom stereocenters. The molecule has 0 aliphatic heterocycles. The van der Waals surface area contributed by atoms with E-state index in [1.165, 1.54) is 29.6 Å². The Labute approximate surface area is 154 Å². The van der Waals surface area contributed by atoms with Gasteiger partial charge in [-0.25, -0.2) is 9.97 Å². The monoisotopic (exact) mass is 509 g/mol. The van der Waals surface area contributed by atoms with Crippen LogP contribution in [-0.2, 0) is 4.79 Å². The van der Waals surface area contributed by atoms with Gasteiger partial charge in [-0.2, -0.15) is 0 Å². The van der Waals surface area contributed by atoms with Crippen molar-refractivity contribution in [1.29, 1.82) is 0 Å². The molecule has 2 aromatic heterocycles. The minimum Gasteiger partial charge on any atom is -0.383 e. The van der Waals surface area contributed by atoms with Gasteiger partial charge in [0.05, 0.1) is 0 Å². The summed E-state index contributed by atoms with van der Waals surface area (Å²) in [4.78, 5) is 18.2. The maximum atomic E-state index is 10.5. The van der Waals surface area contributed by atoms with Gasteiger partial charge in [-0.1, -0.05) is 13.8 Å². The van der Waals surface area contributed by atoms with Crippen molar-refractivity contribution >= 4 is 89.1 Å². The molecule has 0 aliphatic carbocycles. The van der Waals surface area contributed by atoms with Gasteiger partial charge in [-0.15, -0.1) is 39.7 Å². The summed E-state index contributed by atoms with van der Waals surface area (Å²) in [6.07, 6.45) is 0. The van der Waals surface area contributed by atoms with Gasteiger partial charge in [0.2, 0.25) is 5.91 Å². The van der Waals surface area contributed by atoms with Gasteiger partial charge in [-0.3, -0.25) is 4.79 Å². The molecule has 2 heterocycles. The van der Waals surface area contributed by atoms with E-state index >= 15 is 0 Å². The van der Waals surface area contributed by atoms with Crippen LogP contribution in [0, 0.1) is 0 Å².